The van der Waals surface area contributed by atoms with E-state index in [9.17, 15) is 4.79 Å². The van der Waals surface area contributed by atoms with Gasteiger partial charge in [0, 0.05) is 49.6 Å². The minimum atomic E-state index is -0.0588. The predicted molar refractivity (Wildman–Crippen MR) is 118 cm³/mol. The van der Waals surface area contributed by atoms with Crippen LogP contribution in [0.3, 0.4) is 0 Å². The van der Waals surface area contributed by atoms with Gasteiger partial charge in [-0.05, 0) is 30.3 Å². The van der Waals surface area contributed by atoms with Crippen molar-refractivity contribution in [3.8, 4) is 28.5 Å². The molecule has 0 bridgehead atoms. The summed E-state index contributed by atoms with van der Waals surface area (Å²) in [6.45, 7) is 2.78. The second-order valence-electron chi connectivity index (χ2n) is 7.21. The first-order valence-electron chi connectivity index (χ1n) is 10.1. The van der Waals surface area contributed by atoms with Gasteiger partial charge in [0.25, 0.3) is 5.91 Å². The largest absolute Gasteiger partial charge is 0.497 e. The third kappa shape index (κ3) is 4.28. The molecular weight excluding hydrogens is 396 g/mol. The molecule has 8 nitrogen and oxygen atoms in total. The molecule has 1 N–H and O–H groups in total. The van der Waals surface area contributed by atoms with Gasteiger partial charge in [-0.2, -0.15) is 5.10 Å². The number of methoxy groups -OCH3 is 3. The lowest BCUT2D eigenvalue weighted by atomic mass is 10.1. The van der Waals surface area contributed by atoms with Gasteiger partial charge in [-0.15, -0.1) is 0 Å². The maximum atomic E-state index is 13.0. The van der Waals surface area contributed by atoms with E-state index in [0.29, 0.717) is 36.0 Å². The fraction of sp³-hybridized carbons (Fsp3) is 0.304. The highest BCUT2D eigenvalue weighted by Gasteiger charge is 2.24. The van der Waals surface area contributed by atoms with Crippen LogP contribution in [0.2, 0.25) is 0 Å². The number of piperazine rings is 1. The summed E-state index contributed by atoms with van der Waals surface area (Å²) in [5.74, 6) is 2.10. The van der Waals surface area contributed by atoms with E-state index in [1.54, 1.807) is 33.5 Å². The molecule has 1 aromatic heterocycles. The van der Waals surface area contributed by atoms with Gasteiger partial charge in [0.2, 0.25) is 0 Å². The highest BCUT2D eigenvalue weighted by Crippen LogP contribution is 2.32. The lowest BCUT2D eigenvalue weighted by Gasteiger charge is -2.36. The average molecular weight is 422 g/mol. The number of benzene rings is 2. The molecule has 162 valence electrons. The van der Waals surface area contributed by atoms with E-state index < -0.39 is 0 Å². The Labute approximate surface area is 181 Å². The van der Waals surface area contributed by atoms with Gasteiger partial charge in [-0.3, -0.25) is 9.89 Å². The Kier molecular flexibility index (Phi) is 5.97. The molecule has 0 unspecified atom stereocenters. The first-order valence-corrected chi connectivity index (χ1v) is 10.1. The first-order chi connectivity index (χ1) is 15.1. The van der Waals surface area contributed by atoms with E-state index in [4.69, 9.17) is 14.2 Å². The van der Waals surface area contributed by atoms with Gasteiger partial charge in [-0.1, -0.05) is 6.07 Å². The maximum Gasteiger partial charge on any atom is 0.272 e. The van der Waals surface area contributed by atoms with Crippen molar-refractivity contribution in [2.45, 2.75) is 0 Å². The fourth-order valence-corrected chi connectivity index (χ4v) is 3.72. The van der Waals surface area contributed by atoms with Crippen molar-refractivity contribution in [3.05, 3.63) is 54.2 Å². The summed E-state index contributed by atoms with van der Waals surface area (Å²) >= 11 is 0. The quantitative estimate of drug-likeness (QED) is 0.658. The van der Waals surface area contributed by atoms with Gasteiger partial charge >= 0.3 is 0 Å². The van der Waals surface area contributed by atoms with Crippen LogP contribution in [-0.2, 0) is 0 Å². The van der Waals surface area contributed by atoms with Gasteiger partial charge in [0.1, 0.15) is 22.9 Å². The molecule has 0 radical (unpaired) electrons. The lowest BCUT2D eigenvalue weighted by Crippen LogP contribution is -2.48. The number of aromatic amines is 1. The second kappa shape index (κ2) is 8.99. The fourth-order valence-electron chi connectivity index (χ4n) is 3.72. The molecule has 1 saturated heterocycles. The highest BCUT2D eigenvalue weighted by molar-refractivity contribution is 5.93. The van der Waals surface area contributed by atoms with Crippen LogP contribution in [0.1, 0.15) is 10.5 Å². The summed E-state index contributed by atoms with van der Waals surface area (Å²) < 4.78 is 16.0. The Morgan fingerprint density at radius 3 is 2.35 bits per heavy atom. The van der Waals surface area contributed by atoms with Crippen LogP contribution in [-0.4, -0.2) is 68.5 Å². The van der Waals surface area contributed by atoms with Crippen molar-refractivity contribution < 1.29 is 19.0 Å². The molecule has 8 heteroatoms. The van der Waals surface area contributed by atoms with Crippen molar-refractivity contribution in [2.75, 3.05) is 52.4 Å². The van der Waals surface area contributed by atoms with Crippen LogP contribution in [0.15, 0.2) is 48.5 Å². The molecule has 2 aromatic carbocycles. The Balaban J connectivity index is 1.44. The molecule has 0 atom stereocenters. The number of carbonyl (C=O) groups is 1. The standard InChI is InChI=1S/C23H26N4O4/c1-29-17-6-4-5-16(13-17)26-9-11-27(12-10-26)23(28)21-15-20(24-25-21)19-8-7-18(30-2)14-22(19)31-3/h4-8,13-15H,9-12H2,1-3H3,(H,24,25). The van der Waals surface area contributed by atoms with E-state index in [2.05, 4.69) is 21.2 Å². The number of ether oxygens (including phenoxy) is 3. The van der Waals surface area contributed by atoms with Crippen molar-refractivity contribution in [2.24, 2.45) is 0 Å². The van der Waals surface area contributed by atoms with Crippen molar-refractivity contribution in [1.82, 2.24) is 15.1 Å². The SMILES string of the molecule is COc1cccc(N2CCN(C(=O)c3cc(-c4ccc(OC)cc4OC)n[nH]3)CC2)c1. The third-order valence-electron chi connectivity index (χ3n) is 5.48. The molecule has 0 spiro atoms. The van der Waals surface area contributed by atoms with E-state index >= 15 is 0 Å². The van der Waals surface area contributed by atoms with Gasteiger partial charge in [-0.25, -0.2) is 0 Å². The summed E-state index contributed by atoms with van der Waals surface area (Å²) in [6, 6.07) is 15.2. The number of carbonyl (C=O) groups excluding carboxylic acids is 1. The van der Waals surface area contributed by atoms with Crippen molar-refractivity contribution >= 4 is 11.6 Å². The number of rotatable bonds is 6. The number of anilines is 1. The highest BCUT2D eigenvalue weighted by atomic mass is 16.5. The van der Waals surface area contributed by atoms with Crippen LogP contribution in [0.4, 0.5) is 5.69 Å². The third-order valence-corrected chi connectivity index (χ3v) is 5.48. The number of hydrogen-bond donors (Lipinski definition) is 1. The number of amides is 1. The molecule has 1 amide bonds. The number of hydrogen-bond acceptors (Lipinski definition) is 6. The van der Waals surface area contributed by atoms with Gasteiger partial charge in [0.05, 0.1) is 27.0 Å². The van der Waals surface area contributed by atoms with Crippen LogP contribution in [0.25, 0.3) is 11.3 Å². The average Bonchev–Trinajstić information content (AvgIpc) is 3.33. The van der Waals surface area contributed by atoms with Crippen molar-refractivity contribution in [3.63, 3.8) is 0 Å². The Morgan fingerprint density at radius 1 is 0.903 bits per heavy atom. The smallest absolute Gasteiger partial charge is 0.272 e. The minimum absolute atomic E-state index is 0.0588. The molecule has 4 rings (SSSR count). The monoisotopic (exact) mass is 422 g/mol. The van der Waals surface area contributed by atoms with Crippen LogP contribution in [0, 0.1) is 0 Å². The van der Waals surface area contributed by atoms with E-state index in [1.807, 2.05) is 35.2 Å². The minimum Gasteiger partial charge on any atom is -0.497 e. The normalized spacial score (nSPS) is 13.8. The van der Waals surface area contributed by atoms with E-state index in [0.717, 1.165) is 30.1 Å². The predicted octanol–water partition coefficient (Wildman–Crippen LogP) is 3.06. The summed E-state index contributed by atoms with van der Waals surface area (Å²) in [7, 11) is 4.86. The molecule has 31 heavy (non-hydrogen) atoms. The molecule has 2 heterocycles. The topological polar surface area (TPSA) is 79.9 Å². The second-order valence-corrected chi connectivity index (χ2v) is 7.21. The lowest BCUT2D eigenvalue weighted by molar-refractivity contribution is 0.0741. The van der Waals surface area contributed by atoms with Crippen molar-refractivity contribution in [1.29, 1.82) is 0 Å². The zero-order chi connectivity index (χ0) is 21.8. The maximum absolute atomic E-state index is 13.0. The zero-order valence-corrected chi connectivity index (χ0v) is 17.9. The summed E-state index contributed by atoms with van der Waals surface area (Å²) in [6.07, 6.45) is 0. The summed E-state index contributed by atoms with van der Waals surface area (Å²) in [5.41, 5.74) is 3.00. The molecule has 0 saturated carbocycles. The number of H-pyrrole nitrogens is 1. The number of nitrogens with zero attached hydrogens (tertiary/aromatic N) is 3. The van der Waals surface area contributed by atoms with Gasteiger partial charge < -0.3 is 24.0 Å². The number of aromatic nitrogens is 2. The molecule has 1 aliphatic heterocycles. The molecular formula is C23H26N4O4. The molecule has 0 aliphatic carbocycles. The molecule has 1 fully saturated rings. The van der Waals surface area contributed by atoms with Gasteiger partial charge in [0.15, 0.2) is 0 Å². The molecule has 3 aromatic rings. The Morgan fingerprint density at radius 2 is 1.65 bits per heavy atom. The summed E-state index contributed by atoms with van der Waals surface area (Å²) in [4.78, 5) is 17.1. The van der Waals surface area contributed by atoms with Crippen LogP contribution in [0.5, 0.6) is 17.2 Å². The first kappa shape index (κ1) is 20.6. The Hall–Kier alpha value is -3.68. The number of nitrogens with one attached hydrogen (secondary N) is 1. The van der Waals surface area contributed by atoms with E-state index in [-0.39, 0.29) is 5.91 Å². The zero-order valence-electron chi connectivity index (χ0n) is 17.9. The Bertz CT molecular complexity index is 1060. The van der Waals surface area contributed by atoms with Crippen LogP contribution < -0.4 is 19.1 Å². The molecule has 1 aliphatic rings. The van der Waals surface area contributed by atoms with Crippen LogP contribution >= 0.6 is 0 Å². The van der Waals surface area contributed by atoms with E-state index in [1.165, 1.54) is 0 Å². The summed E-state index contributed by atoms with van der Waals surface area (Å²) in [5, 5.41) is 7.21.